The number of nitrogens with two attached hydrogens (primary N) is 5. The predicted molar refractivity (Wildman–Crippen MR) is 125 cm³/mol. The van der Waals surface area contributed by atoms with Crippen molar-refractivity contribution in [3.8, 4) is 0 Å². The van der Waals surface area contributed by atoms with Crippen LogP contribution in [0.4, 0.5) is 0 Å². The highest BCUT2D eigenvalue weighted by Gasteiger charge is 2.30. The Balaban J connectivity index is 5.60. The number of carboxylic acids is 1. The first-order valence-electron chi connectivity index (χ1n) is 11.2. The summed E-state index contributed by atoms with van der Waals surface area (Å²) in [5.74, 6) is -6.43. The van der Waals surface area contributed by atoms with E-state index in [0.717, 1.165) is 0 Å². The average Bonchev–Trinajstić information content (AvgIpc) is 2.77. The monoisotopic (exact) mass is 516 g/mol. The van der Waals surface area contributed by atoms with Crippen molar-refractivity contribution < 1.29 is 38.7 Å². The molecule has 0 fully saturated rings. The Morgan fingerprint density at radius 1 is 0.639 bits per heavy atom. The Morgan fingerprint density at radius 3 is 1.53 bits per heavy atom. The van der Waals surface area contributed by atoms with E-state index in [-0.39, 0.29) is 32.1 Å². The number of hydrogen-bond donors (Lipinski definition) is 9. The third-order valence-electron chi connectivity index (χ3n) is 4.94. The second-order valence-electron chi connectivity index (χ2n) is 8.09. The molecule has 4 unspecified atom stereocenters. The molecule has 6 amide bonds. The summed E-state index contributed by atoms with van der Waals surface area (Å²) in [6, 6.07) is -5.42. The van der Waals surface area contributed by atoms with Crippen molar-refractivity contribution >= 4 is 41.4 Å². The minimum atomic E-state index is -1.45. The van der Waals surface area contributed by atoms with Crippen molar-refractivity contribution in [2.45, 2.75) is 75.5 Å². The van der Waals surface area contributed by atoms with Crippen molar-refractivity contribution in [2.75, 3.05) is 6.54 Å². The topological polar surface area (TPSA) is 306 Å². The van der Waals surface area contributed by atoms with Crippen LogP contribution in [-0.2, 0) is 33.6 Å². The van der Waals surface area contributed by atoms with Crippen LogP contribution in [0.1, 0.15) is 51.4 Å². The highest BCUT2D eigenvalue weighted by molar-refractivity contribution is 5.95. The van der Waals surface area contributed by atoms with Crippen molar-refractivity contribution in [3.05, 3.63) is 0 Å². The van der Waals surface area contributed by atoms with Crippen LogP contribution < -0.4 is 44.6 Å². The Hall–Kier alpha value is -3.79. The van der Waals surface area contributed by atoms with Gasteiger partial charge < -0.3 is 49.7 Å². The molecule has 0 saturated carbocycles. The summed E-state index contributed by atoms with van der Waals surface area (Å²) in [4.78, 5) is 82.7. The van der Waals surface area contributed by atoms with Crippen LogP contribution in [0.5, 0.6) is 0 Å². The molecule has 0 heterocycles. The number of carboxylic acid groups (broad SMARTS) is 1. The van der Waals surface area contributed by atoms with Crippen LogP contribution in [0, 0.1) is 0 Å². The van der Waals surface area contributed by atoms with E-state index in [9.17, 15) is 38.7 Å². The van der Waals surface area contributed by atoms with Gasteiger partial charge in [0.15, 0.2) is 0 Å². The fraction of sp³-hybridized carbons (Fsp3) is 0.650. The van der Waals surface area contributed by atoms with E-state index in [1.54, 1.807) is 0 Å². The molecule has 36 heavy (non-hydrogen) atoms. The van der Waals surface area contributed by atoms with E-state index >= 15 is 0 Å². The number of nitrogens with one attached hydrogen (secondary N) is 3. The second-order valence-corrected chi connectivity index (χ2v) is 8.09. The maximum absolute atomic E-state index is 12.9. The van der Waals surface area contributed by atoms with Crippen molar-refractivity contribution in [1.29, 1.82) is 0 Å². The van der Waals surface area contributed by atoms with Crippen LogP contribution >= 0.6 is 0 Å². The molecular weight excluding hydrogens is 480 g/mol. The van der Waals surface area contributed by atoms with Gasteiger partial charge >= 0.3 is 5.97 Å². The molecule has 4 atom stereocenters. The Labute approximate surface area is 207 Å². The predicted octanol–water partition coefficient (Wildman–Crippen LogP) is -4.61. The quantitative estimate of drug-likeness (QED) is 0.0739. The van der Waals surface area contributed by atoms with Crippen LogP contribution in [0.2, 0.25) is 0 Å². The standard InChI is InChI=1S/C20H36N8O8/c21-8-2-1-3-11(18(33)28-13(20(35)36)5-7-15(24)30)27-19(34)12(4-6-14(23)29)26-17(32)10(22)9-16(25)31/h10-13H,1-9,21-22H2,(H2,23,29)(H2,24,30)(H2,25,31)(H,26,32)(H,27,34)(H,28,33)(H,35,36). The third kappa shape index (κ3) is 13.8. The molecule has 0 aliphatic carbocycles. The molecule has 0 aromatic rings. The summed E-state index contributed by atoms with van der Waals surface area (Å²) >= 11 is 0. The molecule has 0 aromatic carbocycles. The third-order valence-corrected chi connectivity index (χ3v) is 4.94. The molecule has 0 saturated heterocycles. The summed E-state index contributed by atoms with van der Waals surface area (Å²) in [6.45, 7) is 0.299. The summed E-state index contributed by atoms with van der Waals surface area (Å²) < 4.78 is 0. The molecule has 0 aliphatic rings. The normalized spacial score (nSPS) is 13.9. The SMILES string of the molecule is NCCCCC(NC(=O)C(CCC(N)=O)NC(=O)C(N)CC(N)=O)C(=O)NC(CCC(N)=O)C(=O)O. The molecule has 16 heteroatoms. The summed E-state index contributed by atoms with van der Waals surface area (Å²) in [6.07, 6.45) is -0.672. The number of unbranched alkanes of at least 4 members (excludes halogenated alkanes) is 1. The van der Waals surface area contributed by atoms with Gasteiger partial charge in [0.05, 0.1) is 12.5 Å². The Morgan fingerprint density at radius 2 is 1.08 bits per heavy atom. The van der Waals surface area contributed by atoms with Crippen molar-refractivity contribution in [1.82, 2.24) is 16.0 Å². The Bertz CT molecular complexity index is 822. The molecule has 0 bridgehead atoms. The fourth-order valence-electron chi connectivity index (χ4n) is 2.99. The number of aliphatic carboxylic acids is 1. The molecular formula is C20H36N8O8. The van der Waals surface area contributed by atoms with Gasteiger partial charge in [0.25, 0.3) is 0 Å². The highest BCUT2D eigenvalue weighted by Crippen LogP contribution is 2.06. The number of hydrogen-bond acceptors (Lipinski definition) is 9. The number of carbonyl (C=O) groups is 7. The van der Waals surface area contributed by atoms with Crippen molar-refractivity contribution in [2.24, 2.45) is 28.7 Å². The van der Waals surface area contributed by atoms with E-state index in [2.05, 4.69) is 16.0 Å². The lowest BCUT2D eigenvalue weighted by Gasteiger charge is -2.25. The van der Waals surface area contributed by atoms with Gasteiger partial charge in [-0.05, 0) is 38.6 Å². The van der Waals surface area contributed by atoms with E-state index in [1.807, 2.05) is 0 Å². The van der Waals surface area contributed by atoms with Gasteiger partial charge in [0, 0.05) is 12.8 Å². The Kier molecular flexibility index (Phi) is 15.0. The summed E-state index contributed by atoms with van der Waals surface area (Å²) in [5.41, 5.74) is 26.2. The highest BCUT2D eigenvalue weighted by atomic mass is 16.4. The van der Waals surface area contributed by atoms with Gasteiger partial charge in [-0.15, -0.1) is 0 Å². The molecule has 0 rings (SSSR count). The van der Waals surface area contributed by atoms with Gasteiger partial charge in [-0.2, -0.15) is 0 Å². The van der Waals surface area contributed by atoms with Gasteiger partial charge in [-0.1, -0.05) is 0 Å². The first-order chi connectivity index (χ1) is 16.8. The number of carbonyl (C=O) groups excluding carboxylic acids is 6. The lowest BCUT2D eigenvalue weighted by molar-refractivity contribution is -0.142. The molecule has 0 spiro atoms. The average molecular weight is 517 g/mol. The van der Waals surface area contributed by atoms with E-state index in [0.29, 0.717) is 19.4 Å². The van der Waals surface area contributed by atoms with Crippen molar-refractivity contribution in [3.63, 3.8) is 0 Å². The van der Waals surface area contributed by atoms with Gasteiger partial charge in [-0.3, -0.25) is 28.8 Å². The van der Waals surface area contributed by atoms with Crippen LogP contribution in [-0.4, -0.2) is 77.2 Å². The van der Waals surface area contributed by atoms with Crippen LogP contribution in [0.25, 0.3) is 0 Å². The minimum Gasteiger partial charge on any atom is -0.480 e. The summed E-state index contributed by atoms with van der Waals surface area (Å²) in [7, 11) is 0. The number of rotatable bonds is 19. The lowest BCUT2D eigenvalue weighted by atomic mass is 10.0. The van der Waals surface area contributed by atoms with E-state index < -0.39 is 72.0 Å². The number of primary amides is 3. The smallest absolute Gasteiger partial charge is 0.326 e. The van der Waals surface area contributed by atoms with Crippen LogP contribution in [0.15, 0.2) is 0 Å². The fourth-order valence-corrected chi connectivity index (χ4v) is 2.99. The zero-order valence-corrected chi connectivity index (χ0v) is 19.9. The molecule has 0 radical (unpaired) electrons. The molecule has 0 aliphatic heterocycles. The summed E-state index contributed by atoms with van der Waals surface area (Å²) in [5, 5.41) is 16.3. The van der Waals surface area contributed by atoms with Gasteiger partial charge in [0.1, 0.15) is 18.1 Å². The molecule has 14 N–H and O–H groups in total. The number of amides is 6. The second kappa shape index (κ2) is 16.8. The zero-order valence-electron chi connectivity index (χ0n) is 19.9. The maximum Gasteiger partial charge on any atom is 0.326 e. The molecule has 0 aromatic heterocycles. The van der Waals surface area contributed by atoms with Crippen LogP contribution in [0.3, 0.4) is 0 Å². The van der Waals surface area contributed by atoms with Gasteiger partial charge in [0.2, 0.25) is 35.4 Å². The lowest BCUT2D eigenvalue weighted by Crippen LogP contribution is -2.57. The first-order valence-corrected chi connectivity index (χ1v) is 11.2. The van der Waals surface area contributed by atoms with E-state index in [1.165, 1.54) is 0 Å². The van der Waals surface area contributed by atoms with E-state index in [4.69, 9.17) is 28.7 Å². The molecule has 16 nitrogen and oxygen atoms in total. The zero-order chi connectivity index (χ0) is 27.8. The first kappa shape index (κ1) is 32.2. The van der Waals surface area contributed by atoms with Gasteiger partial charge in [-0.25, -0.2) is 4.79 Å². The minimum absolute atomic E-state index is 0.0641. The molecule has 204 valence electrons. The maximum atomic E-state index is 12.9. The largest absolute Gasteiger partial charge is 0.480 e.